The van der Waals surface area contributed by atoms with Crippen LogP contribution in [-0.2, 0) is 27.8 Å². The summed E-state index contributed by atoms with van der Waals surface area (Å²) < 4.78 is 51.3. The van der Waals surface area contributed by atoms with Gasteiger partial charge >= 0.3 is 0 Å². The average molecular weight is 463 g/mol. The summed E-state index contributed by atoms with van der Waals surface area (Å²) in [5.41, 5.74) is 2.13. The molecule has 2 aromatic rings. The number of carbonyl (C=O) groups is 1. The number of piperidine rings is 1. The Morgan fingerprint density at radius 2 is 1.69 bits per heavy atom. The van der Waals surface area contributed by atoms with E-state index in [-0.39, 0.29) is 17.3 Å². The highest BCUT2D eigenvalue weighted by Gasteiger charge is 2.36. The Morgan fingerprint density at radius 3 is 2.34 bits per heavy atom. The maximum absolute atomic E-state index is 13.3. The summed E-state index contributed by atoms with van der Waals surface area (Å²) in [4.78, 5) is 15.1. The quantitative estimate of drug-likeness (QED) is 0.683. The van der Waals surface area contributed by atoms with E-state index >= 15 is 0 Å². The molecule has 1 fully saturated rings. The van der Waals surface area contributed by atoms with E-state index in [1.165, 1.54) is 16.4 Å². The molecule has 1 atom stereocenters. The monoisotopic (exact) mass is 462 g/mol. The van der Waals surface area contributed by atoms with Crippen molar-refractivity contribution in [1.82, 2.24) is 9.21 Å². The molecule has 172 valence electrons. The van der Waals surface area contributed by atoms with Gasteiger partial charge in [0.25, 0.3) is 0 Å². The number of sulfonamides is 1. The number of ether oxygens (including phenoxy) is 2. The lowest BCUT2D eigenvalue weighted by molar-refractivity contribution is -0.137. The highest BCUT2D eigenvalue weighted by Crippen LogP contribution is 2.34. The maximum Gasteiger partial charge on any atom is 0.243 e. The Labute approximate surface area is 187 Å². The molecule has 1 amide bonds. The second-order valence-corrected chi connectivity index (χ2v) is 10.1. The standard InChI is InChI=1S/C23H27FN2O5S/c1-30-21-12-16-9-11-25(14-18(16)13-22(21)31-2)23(27)17-4-3-10-26(15-17)32(28,29)20-7-5-19(24)6-8-20/h5-8,12-13,17H,3-4,9-11,14-15H2,1-2H3/t17-/m1/s1. The van der Waals surface area contributed by atoms with Crippen LogP contribution in [0.3, 0.4) is 0 Å². The van der Waals surface area contributed by atoms with E-state index in [4.69, 9.17) is 9.47 Å². The van der Waals surface area contributed by atoms with E-state index in [2.05, 4.69) is 0 Å². The summed E-state index contributed by atoms with van der Waals surface area (Å²) in [5, 5.41) is 0. The summed E-state index contributed by atoms with van der Waals surface area (Å²) in [6.07, 6.45) is 1.95. The minimum atomic E-state index is -3.78. The molecule has 0 saturated carbocycles. The van der Waals surface area contributed by atoms with Crippen LogP contribution in [0.2, 0.25) is 0 Å². The van der Waals surface area contributed by atoms with Gasteiger partial charge in [-0.1, -0.05) is 0 Å². The second-order valence-electron chi connectivity index (χ2n) is 8.14. The maximum atomic E-state index is 13.3. The van der Waals surface area contributed by atoms with Crippen molar-refractivity contribution in [2.24, 2.45) is 5.92 Å². The first kappa shape index (κ1) is 22.5. The molecule has 2 aliphatic rings. The van der Waals surface area contributed by atoms with Crippen molar-refractivity contribution in [1.29, 1.82) is 0 Å². The predicted octanol–water partition coefficient (Wildman–Crippen LogP) is 2.83. The third-order valence-electron chi connectivity index (χ3n) is 6.21. The Kier molecular flexibility index (Phi) is 6.39. The number of amides is 1. The third kappa shape index (κ3) is 4.31. The van der Waals surface area contributed by atoms with Gasteiger partial charge in [-0.05, 0) is 66.8 Å². The van der Waals surface area contributed by atoms with Gasteiger partial charge < -0.3 is 14.4 Å². The Hall–Kier alpha value is -2.65. The minimum Gasteiger partial charge on any atom is -0.493 e. The van der Waals surface area contributed by atoms with Gasteiger partial charge in [0.2, 0.25) is 15.9 Å². The van der Waals surface area contributed by atoms with Crippen LogP contribution in [0.25, 0.3) is 0 Å². The summed E-state index contributed by atoms with van der Waals surface area (Å²) in [5.74, 6) is 0.357. The molecule has 0 aliphatic carbocycles. The topological polar surface area (TPSA) is 76.2 Å². The SMILES string of the molecule is COc1cc2c(cc1OC)CN(C(=O)[C@@H]1CCCN(S(=O)(=O)c3ccc(F)cc3)C1)CC2. The van der Waals surface area contributed by atoms with Gasteiger partial charge in [-0.2, -0.15) is 4.31 Å². The Bertz CT molecular complexity index is 1100. The molecule has 0 N–H and O–H groups in total. The number of benzene rings is 2. The smallest absolute Gasteiger partial charge is 0.243 e. The van der Waals surface area contributed by atoms with Gasteiger partial charge in [0, 0.05) is 26.2 Å². The molecule has 32 heavy (non-hydrogen) atoms. The van der Waals surface area contributed by atoms with Crippen molar-refractivity contribution >= 4 is 15.9 Å². The number of methoxy groups -OCH3 is 2. The van der Waals surface area contributed by atoms with E-state index in [1.807, 2.05) is 12.1 Å². The van der Waals surface area contributed by atoms with Gasteiger partial charge in [0.15, 0.2) is 11.5 Å². The summed E-state index contributed by atoms with van der Waals surface area (Å²) in [6, 6.07) is 8.65. The van der Waals surface area contributed by atoms with Gasteiger partial charge in [-0.15, -0.1) is 0 Å². The molecule has 0 bridgehead atoms. The first-order chi connectivity index (χ1) is 15.3. The Balaban J connectivity index is 1.49. The minimum absolute atomic E-state index is 0.0376. The van der Waals surface area contributed by atoms with Crippen LogP contribution in [-0.4, -0.2) is 57.4 Å². The molecule has 9 heteroatoms. The lowest BCUT2D eigenvalue weighted by Crippen LogP contribution is -2.47. The summed E-state index contributed by atoms with van der Waals surface area (Å²) in [6.45, 7) is 1.51. The van der Waals surface area contributed by atoms with Crippen molar-refractivity contribution < 1.29 is 27.1 Å². The third-order valence-corrected chi connectivity index (χ3v) is 8.09. The normalized spacial score (nSPS) is 19.3. The highest BCUT2D eigenvalue weighted by molar-refractivity contribution is 7.89. The van der Waals surface area contributed by atoms with Gasteiger partial charge in [-0.3, -0.25) is 4.79 Å². The molecular weight excluding hydrogens is 435 g/mol. The van der Waals surface area contributed by atoms with Crippen LogP contribution in [0, 0.1) is 11.7 Å². The molecule has 0 radical (unpaired) electrons. The van der Waals surface area contributed by atoms with Crippen molar-refractivity contribution in [3.63, 3.8) is 0 Å². The van der Waals surface area contributed by atoms with Crippen LogP contribution in [0.15, 0.2) is 41.3 Å². The van der Waals surface area contributed by atoms with Gasteiger partial charge in [0.1, 0.15) is 5.82 Å². The first-order valence-corrected chi connectivity index (χ1v) is 12.1. The predicted molar refractivity (Wildman–Crippen MR) is 117 cm³/mol. The fraction of sp³-hybridized carbons (Fsp3) is 0.435. The molecule has 2 aromatic carbocycles. The van der Waals surface area contributed by atoms with Gasteiger partial charge in [0.05, 0.1) is 25.0 Å². The number of hydrogen-bond donors (Lipinski definition) is 0. The van der Waals surface area contributed by atoms with Crippen molar-refractivity contribution in [2.45, 2.75) is 30.7 Å². The lowest BCUT2D eigenvalue weighted by atomic mass is 9.94. The summed E-state index contributed by atoms with van der Waals surface area (Å²) >= 11 is 0. The molecule has 2 heterocycles. The van der Waals surface area contributed by atoms with E-state index in [0.717, 1.165) is 23.3 Å². The molecule has 0 unspecified atom stereocenters. The molecule has 0 aromatic heterocycles. The highest BCUT2D eigenvalue weighted by atomic mass is 32.2. The van der Waals surface area contributed by atoms with Crippen LogP contribution in [0.4, 0.5) is 4.39 Å². The fourth-order valence-electron chi connectivity index (χ4n) is 4.45. The summed E-state index contributed by atoms with van der Waals surface area (Å²) in [7, 11) is -0.603. The van der Waals surface area contributed by atoms with E-state index in [0.29, 0.717) is 50.4 Å². The van der Waals surface area contributed by atoms with Crippen LogP contribution in [0.1, 0.15) is 24.0 Å². The Morgan fingerprint density at radius 1 is 1.03 bits per heavy atom. The number of carbonyl (C=O) groups excluding carboxylic acids is 1. The molecule has 4 rings (SSSR count). The average Bonchev–Trinajstić information content (AvgIpc) is 2.82. The van der Waals surface area contributed by atoms with Crippen LogP contribution >= 0.6 is 0 Å². The zero-order valence-corrected chi connectivity index (χ0v) is 19.0. The zero-order chi connectivity index (χ0) is 22.9. The number of hydrogen-bond acceptors (Lipinski definition) is 5. The van der Waals surface area contributed by atoms with Crippen molar-refractivity contribution in [3.8, 4) is 11.5 Å². The number of rotatable bonds is 5. The van der Waals surface area contributed by atoms with E-state index in [9.17, 15) is 17.6 Å². The lowest BCUT2D eigenvalue weighted by Gasteiger charge is -2.36. The molecular formula is C23H27FN2O5S. The van der Waals surface area contributed by atoms with Crippen molar-refractivity contribution in [2.75, 3.05) is 33.9 Å². The fourth-order valence-corrected chi connectivity index (χ4v) is 5.97. The van der Waals surface area contributed by atoms with E-state index < -0.39 is 21.8 Å². The van der Waals surface area contributed by atoms with Gasteiger partial charge in [-0.25, -0.2) is 12.8 Å². The molecule has 7 nitrogen and oxygen atoms in total. The largest absolute Gasteiger partial charge is 0.493 e. The first-order valence-electron chi connectivity index (χ1n) is 10.6. The number of halogens is 1. The zero-order valence-electron chi connectivity index (χ0n) is 18.2. The van der Waals surface area contributed by atoms with Crippen LogP contribution in [0.5, 0.6) is 11.5 Å². The molecule has 2 aliphatic heterocycles. The number of fused-ring (bicyclic) bond motifs is 1. The van der Waals surface area contributed by atoms with E-state index in [1.54, 1.807) is 19.1 Å². The van der Waals surface area contributed by atoms with Crippen LogP contribution < -0.4 is 9.47 Å². The van der Waals surface area contributed by atoms with Crippen molar-refractivity contribution in [3.05, 3.63) is 53.3 Å². The molecule has 0 spiro atoms. The number of nitrogens with zero attached hydrogens (tertiary/aromatic N) is 2. The second kappa shape index (κ2) is 9.07. The molecule has 1 saturated heterocycles.